The van der Waals surface area contributed by atoms with Crippen LogP contribution in [0.1, 0.15) is 34.0 Å². The molecule has 9 heteroatoms. The molecule has 2 unspecified atom stereocenters. The van der Waals surface area contributed by atoms with Gasteiger partial charge in [-0.15, -0.1) is 0 Å². The molecule has 0 aromatic heterocycles. The highest BCUT2D eigenvalue weighted by Gasteiger charge is 2.52. The fourth-order valence-corrected chi connectivity index (χ4v) is 4.40. The van der Waals surface area contributed by atoms with Crippen LogP contribution in [-0.4, -0.2) is 52.3 Å². The number of aryl methyl sites for hydroxylation is 2. The van der Waals surface area contributed by atoms with Gasteiger partial charge in [0, 0.05) is 12.2 Å². The van der Waals surface area contributed by atoms with Gasteiger partial charge in [-0.3, -0.25) is 19.3 Å². The van der Waals surface area contributed by atoms with Crippen LogP contribution in [0.25, 0.3) is 0 Å². The number of carbonyl (C=O) groups is 4. The van der Waals surface area contributed by atoms with Crippen LogP contribution in [-0.2, 0) is 20.9 Å². The molecule has 2 atom stereocenters. The molecule has 0 bridgehead atoms. The standard InChI is InChI=1S/C29H28ClN3O5/c1-4-38-28-27(36)33(29(37)32(28)17-20-8-6-5-7-9-20)24(25(34)21-13-10-18(2)11-14-21)26(35)31-23-16-19(3)12-15-22(23)30/h5-16,24,28H,4,17H2,1-3H3,(H,31,35). The van der Waals surface area contributed by atoms with Gasteiger partial charge >= 0.3 is 6.03 Å². The maximum Gasteiger partial charge on any atom is 0.330 e. The number of carbonyl (C=O) groups excluding carboxylic acids is 4. The predicted octanol–water partition coefficient (Wildman–Crippen LogP) is 4.97. The van der Waals surface area contributed by atoms with Crippen molar-refractivity contribution in [1.29, 1.82) is 0 Å². The number of ketones is 1. The van der Waals surface area contributed by atoms with Gasteiger partial charge in [-0.05, 0) is 44.0 Å². The molecule has 1 aliphatic rings. The average Bonchev–Trinajstić information content (AvgIpc) is 3.12. The zero-order valence-electron chi connectivity index (χ0n) is 21.3. The van der Waals surface area contributed by atoms with E-state index in [9.17, 15) is 19.2 Å². The Bertz CT molecular complexity index is 1360. The Morgan fingerprint density at radius 2 is 1.63 bits per heavy atom. The molecule has 1 fully saturated rings. The van der Waals surface area contributed by atoms with Gasteiger partial charge < -0.3 is 10.1 Å². The monoisotopic (exact) mass is 533 g/mol. The van der Waals surface area contributed by atoms with E-state index in [2.05, 4.69) is 5.32 Å². The first-order valence-electron chi connectivity index (χ1n) is 12.2. The lowest BCUT2D eigenvalue weighted by molar-refractivity contribution is -0.144. The van der Waals surface area contributed by atoms with E-state index >= 15 is 0 Å². The number of ether oxygens (including phenoxy) is 1. The normalized spacial score (nSPS) is 16.1. The SMILES string of the molecule is CCOC1C(=O)N(C(C(=O)Nc2cc(C)ccc2Cl)C(=O)c2ccc(C)cc2)C(=O)N1Cc1ccccc1. The van der Waals surface area contributed by atoms with Crippen molar-refractivity contribution in [3.8, 4) is 0 Å². The number of anilines is 1. The predicted molar refractivity (Wildman–Crippen MR) is 144 cm³/mol. The fourth-order valence-electron chi connectivity index (χ4n) is 4.24. The number of amides is 4. The molecule has 8 nitrogen and oxygen atoms in total. The minimum Gasteiger partial charge on any atom is -0.350 e. The molecule has 3 aromatic carbocycles. The average molecular weight is 534 g/mol. The number of nitrogens with zero attached hydrogens (tertiary/aromatic N) is 2. The van der Waals surface area contributed by atoms with Crippen molar-refractivity contribution in [2.24, 2.45) is 0 Å². The summed E-state index contributed by atoms with van der Waals surface area (Å²) in [5.41, 5.74) is 2.94. The van der Waals surface area contributed by atoms with Crippen molar-refractivity contribution in [2.45, 2.75) is 39.6 Å². The molecule has 0 radical (unpaired) electrons. The summed E-state index contributed by atoms with van der Waals surface area (Å²) >= 11 is 6.28. The first-order chi connectivity index (χ1) is 18.2. The Morgan fingerprint density at radius 1 is 0.974 bits per heavy atom. The zero-order chi connectivity index (χ0) is 27.4. The fraction of sp³-hybridized carbons (Fsp3) is 0.241. The number of Topliss-reactive ketones (excluding diaryl/α,β-unsaturated/α-hetero) is 1. The molecular formula is C29H28ClN3O5. The minimum absolute atomic E-state index is 0.0589. The van der Waals surface area contributed by atoms with Gasteiger partial charge in [0.25, 0.3) is 11.8 Å². The van der Waals surface area contributed by atoms with E-state index < -0.39 is 35.9 Å². The van der Waals surface area contributed by atoms with E-state index in [4.69, 9.17) is 16.3 Å². The van der Waals surface area contributed by atoms with Crippen LogP contribution in [0.15, 0.2) is 72.8 Å². The number of hydrogen-bond acceptors (Lipinski definition) is 5. The summed E-state index contributed by atoms with van der Waals surface area (Å²) < 4.78 is 5.63. The maximum absolute atomic E-state index is 13.7. The lowest BCUT2D eigenvalue weighted by Crippen LogP contribution is -2.52. The van der Waals surface area contributed by atoms with E-state index in [1.165, 1.54) is 4.90 Å². The number of urea groups is 1. The van der Waals surface area contributed by atoms with Gasteiger partial charge in [0.1, 0.15) is 0 Å². The quantitative estimate of drug-likeness (QED) is 0.238. The smallest absolute Gasteiger partial charge is 0.330 e. The molecule has 0 aliphatic carbocycles. The minimum atomic E-state index is -1.78. The summed E-state index contributed by atoms with van der Waals surface area (Å²) in [6.45, 7) is 5.58. The lowest BCUT2D eigenvalue weighted by atomic mass is 10.0. The van der Waals surface area contributed by atoms with Gasteiger partial charge in [-0.25, -0.2) is 9.69 Å². The Morgan fingerprint density at radius 3 is 2.29 bits per heavy atom. The highest BCUT2D eigenvalue weighted by Crippen LogP contribution is 2.28. The second kappa shape index (κ2) is 11.6. The second-order valence-corrected chi connectivity index (χ2v) is 9.42. The van der Waals surface area contributed by atoms with Crippen LogP contribution in [0.4, 0.5) is 10.5 Å². The topological polar surface area (TPSA) is 96.0 Å². The van der Waals surface area contributed by atoms with Crippen molar-refractivity contribution >= 4 is 40.9 Å². The Labute approximate surface area is 226 Å². The largest absolute Gasteiger partial charge is 0.350 e. The summed E-state index contributed by atoms with van der Waals surface area (Å²) in [7, 11) is 0. The van der Waals surface area contributed by atoms with Crippen molar-refractivity contribution in [2.75, 3.05) is 11.9 Å². The molecule has 1 heterocycles. The van der Waals surface area contributed by atoms with E-state index in [-0.39, 0.29) is 29.4 Å². The Kier molecular flexibility index (Phi) is 8.24. The molecule has 4 rings (SSSR count). The number of imide groups is 1. The number of hydrogen-bond donors (Lipinski definition) is 1. The number of rotatable bonds is 9. The van der Waals surface area contributed by atoms with Crippen LogP contribution in [0.2, 0.25) is 5.02 Å². The van der Waals surface area contributed by atoms with Gasteiger partial charge in [0.05, 0.1) is 17.3 Å². The van der Waals surface area contributed by atoms with Crippen LogP contribution < -0.4 is 5.32 Å². The number of nitrogens with one attached hydrogen (secondary N) is 1. The number of benzene rings is 3. The van der Waals surface area contributed by atoms with Crippen molar-refractivity contribution in [3.05, 3.63) is 100 Å². The van der Waals surface area contributed by atoms with Gasteiger partial charge in [-0.2, -0.15) is 0 Å². The van der Waals surface area contributed by atoms with Crippen LogP contribution in [0.5, 0.6) is 0 Å². The molecule has 1 aliphatic heterocycles. The van der Waals surface area contributed by atoms with Crippen LogP contribution >= 0.6 is 11.6 Å². The third-order valence-corrected chi connectivity index (χ3v) is 6.50. The van der Waals surface area contributed by atoms with Crippen LogP contribution in [0, 0.1) is 13.8 Å². The molecule has 1 N–H and O–H groups in total. The summed E-state index contributed by atoms with van der Waals surface area (Å²) in [5.74, 6) is -2.35. The van der Waals surface area contributed by atoms with E-state index in [1.807, 2.05) is 44.2 Å². The summed E-state index contributed by atoms with van der Waals surface area (Å²) in [6.07, 6.45) is -1.28. The zero-order valence-corrected chi connectivity index (χ0v) is 22.1. The van der Waals surface area contributed by atoms with Gasteiger partial charge in [-0.1, -0.05) is 77.8 Å². The highest BCUT2D eigenvalue weighted by atomic mass is 35.5. The van der Waals surface area contributed by atoms with Crippen molar-refractivity contribution in [1.82, 2.24) is 9.80 Å². The summed E-state index contributed by atoms with van der Waals surface area (Å²) in [4.78, 5) is 56.6. The molecule has 4 amide bonds. The molecule has 1 saturated heterocycles. The Hall–Kier alpha value is -4.01. The molecule has 0 saturated carbocycles. The van der Waals surface area contributed by atoms with E-state index in [0.717, 1.165) is 16.7 Å². The first kappa shape index (κ1) is 27.0. The molecule has 196 valence electrons. The second-order valence-electron chi connectivity index (χ2n) is 9.02. The maximum atomic E-state index is 13.7. The third-order valence-electron chi connectivity index (χ3n) is 6.17. The van der Waals surface area contributed by atoms with Crippen LogP contribution in [0.3, 0.4) is 0 Å². The van der Waals surface area contributed by atoms with E-state index in [0.29, 0.717) is 4.90 Å². The van der Waals surface area contributed by atoms with Crippen molar-refractivity contribution < 1.29 is 23.9 Å². The molecular weight excluding hydrogens is 506 g/mol. The van der Waals surface area contributed by atoms with E-state index in [1.54, 1.807) is 49.4 Å². The first-order valence-corrected chi connectivity index (χ1v) is 12.6. The van der Waals surface area contributed by atoms with Gasteiger partial charge in [0.2, 0.25) is 6.23 Å². The number of halogens is 1. The molecule has 3 aromatic rings. The van der Waals surface area contributed by atoms with Crippen molar-refractivity contribution in [3.63, 3.8) is 0 Å². The Balaban J connectivity index is 1.75. The lowest BCUT2D eigenvalue weighted by Gasteiger charge is -2.25. The summed E-state index contributed by atoms with van der Waals surface area (Å²) in [5, 5.41) is 2.90. The molecule has 0 spiro atoms. The molecule has 38 heavy (non-hydrogen) atoms. The third kappa shape index (κ3) is 5.61. The highest BCUT2D eigenvalue weighted by molar-refractivity contribution is 6.34. The van der Waals surface area contributed by atoms with Gasteiger partial charge in [0.15, 0.2) is 11.8 Å². The summed E-state index contributed by atoms with van der Waals surface area (Å²) in [6, 6.07) is 18.1.